The van der Waals surface area contributed by atoms with Gasteiger partial charge < -0.3 is 19.9 Å². The lowest BCUT2D eigenvalue weighted by Gasteiger charge is -2.43. The topological polar surface area (TPSA) is 181 Å². The van der Waals surface area contributed by atoms with Gasteiger partial charge >= 0.3 is 0 Å². The lowest BCUT2D eigenvalue weighted by molar-refractivity contribution is -0.136. The van der Waals surface area contributed by atoms with E-state index in [2.05, 4.69) is 30.6 Å². The zero-order valence-corrected chi connectivity index (χ0v) is 31.8. The molecular weight excluding hydrogens is 757 g/mol. The highest BCUT2D eigenvalue weighted by molar-refractivity contribution is 6.31. The normalized spacial score (nSPS) is 23.2. The number of carbonyl (C=O) groups excluding carboxylic acids is 5. The van der Waals surface area contributed by atoms with Crippen LogP contribution in [0.1, 0.15) is 88.1 Å². The number of nitrogens with zero attached hydrogens (tertiary/aromatic N) is 7. The van der Waals surface area contributed by atoms with Crippen molar-refractivity contribution in [3.63, 3.8) is 0 Å². The maximum atomic E-state index is 15.4. The molecule has 0 radical (unpaired) electrons. The van der Waals surface area contributed by atoms with Gasteiger partial charge in [0, 0.05) is 63.8 Å². The van der Waals surface area contributed by atoms with Crippen LogP contribution in [0, 0.1) is 17.1 Å². The Kier molecular flexibility index (Phi) is 10.8. The first kappa shape index (κ1) is 38.2. The van der Waals surface area contributed by atoms with Gasteiger partial charge in [0.25, 0.3) is 17.7 Å². The molecule has 0 bridgehead atoms. The molecule has 1 aromatic heterocycles. The van der Waals surface area contributed by atoms with Crippen LogP contribution in [0.15, 0.2) is 42.5 Å². The fourth-order valence-corrected chi connectivity index (χ4v) is 8.77. The third-order valence-corrected chi connectivity index (χ3v) is 12.0. The number of nitrogens with one attached hydrogen (secondary N) is 2. The molecule has 5 aliphatic rings. The summed E-state index contributed by atoms with van der Waals surface area (Å²) in [6.07, 6.45) is 4.90. The minimum absolute atomic E-state index is 0.0000679. The molecule has 5 heterocycles. The van der Waals surface area contributed by atoms with Crippen molar-refractivity contribution >= 4 is 52.6 Å². The van der Waals surface area contributed by atoms with Gasteiger partial charge in [0.15, 0.2) is 11.5 Å². The number of hydrogen-bond acceptors (Lipinski definition) is 12. The van der Waals surface area contributed by atoms with E-state index in [0.717, 1.165) is 62.6 Å². The van der Waals surface area contributed by atoms with Crippen molar-refractivity contribution in [3.8, 4) is 11.8 Å². The second kappa shape index (κ2) is 16.1. The number of piperazine rings is 1. The average molecular weight is 798 g/mol. The number of aromatic nitrogens is 2. The van der Waals surface area contributed by atoms with Crippen molar-refractivity contribution in [2.24, 2.45) is 0 Å². The van der Waals surface area contributed by atoms with E-state index in [0.29, 0.717) is 54.4 Å². The Morgan fingerprint density at radius 3 is 2.23 bits per heavy atom. The summed E-state index contributed by atoms with van der Waals surface area (Å²) < 4.78 is 21.5. The molecule has 296 valence electrons. The van der Waals surface area contributed by atoms with Crippen LogP contribution in [-0.4, -0.2) is 113 Å². The van der Waals surface area contributed by atoms with Crippen LogP contribution in [0.4, 0.5) is 15.9 Å². The number of fused-ring (bicyclic) bond motifs is 1. The monoisotopic (exact) mass is 797 g/mol. The maximum Gasteiger partial charge on any atom is 0.272 e. The average Bonchev–Trinajstić information content (AvgIpc) is 3.45. The number of hydrogen-bond donors (Lipinski definition) is 2. The predicted octanol–water partition coefficient (Wildman–Crippen LogP) is 3.45. The van der Waals surface area contributed by atoms with E-state index in [4.69, 9.17) is 21.6 Å². The molecule has 1 saturated carbocycles. The van der Waals surface area contributed by atoms with Gasteiger partial charge in [-0.25, -0.2) is 4.39 Å². The number of rotatable bonds is 8. The van der Waals surface area contributed by atoms with Crippen molar-refractivity contribution in [1.82, 2.24) is 30.6 Å². The first-order valence-electron chi connectivity index (χ1n) is 19.4. The summed E-state index contributed by atoms with van der Waals surface area (Å²) in [5, 5.41) is 23.3. The number of benzene rings is 2. The van der Waals surface area contributed by atoms with Gasteiger partial charge in [0.2, 0.25) is 11.8 Å². The Bertz CT molecular complexity index is 2140. The summed E-state index contributed by atoms with van der Waals surface area (Å²) in [5.41, 5.74) is 0.896. The Balaban J connectivity index is 0.784. The van der Waals surface area contributed by atoms with Gasteiger partial charge in [-0.3, -0.25) is 39.1 Å². The van der Waals surface area contributed by atoms with Gasteiger partial charge in [-0.2, -0.15) is 5.26 Å². The minimum Gasteiger partial charge on any atom is -0.490 e. The molecule has 15 nitrogen and oxygen atoms in total. The van der Waals surface area contributed by atoms with Crippen LogP contribution >= 0.6 is 11.6 Å². The van der Waals surface area contributed by atoms with E-state index in [1.54, 1.807) is 24.3 Å². The molecule has 4 fully saturated rings. The standard InChI is InChI=1S/C40H41ClFN9O6/c41-30-19-27(4-1-23(30)22-43)57-26-5-2-24(3-6-26)44-37(53)32-7-9-35(47-46-32)50-13-11-25(12-14-50)48-15-17-49(18-16-48)34-21-29-28(20-31(34)42)39(55)51(40(29)56)33-8-10-36(52)45-38(33)54/h1,4,7,9,19-21,24-26,33H,2-3,5-6,8,10-18H2,(H,44,53)(H,45,52,54). The highest BCUT2D eigenvalue weighted by atomic mass is 35.5. The molecule has 5 amide bonds. The largest absolute Gasteiger partial charge is 0.490 e. The van der Waals surface area contributed by atoms with Gasteiger partial charge in [-0.15, -0.1) is 10.2 Å². The fourth-order valence-electron chi connectivity index (χ4n) is 8.56. The zero-order valence-electron chi connectivity index (χ0n) is 31.1. The second-order valence-corrected chi connectivity index (χ2v) is 15.5. The van der Waals surface area contributed by atoms with Gasteiger partial charge in [0.1, 0.15) is 23.7 Å². The third kappa shape index (κ3) is 7.86. The Morgan fingerprint density at radius 2 is 1.58 bits per heavy atom. The number of piperidine rings is 2. The quantitative estimate of drug-likeness (QED) is 0.318. The van der Waals surface area contributed by atoms with E-state index < -0.39 is 35.5 Å². The summed E-state index contributed by atoms with van der Waals surface area (Å²) >= 11 is 6.14. The lowest BCUT2D eigenvalue weighted by Crippen LogP contribution is -2.54. The first-order chi connectivity index (χ1) is 27.6. The van der Waals surface area contributed by atoms with Crippen molar-refractivity contribution in [3.05, 3.63) is 75.7 Å². The molecule has 0 spiro atoms. The van der Waals surface area contributed by atoms with Crippen LogP contribution in [0.25, 0.3) is 0 Å². The van der Waals surface area contributed by atoms with E-state index in [9.17, 15) is 24.0 Å². The van der Waals surface area contributed by atoms with Crippen molar-refractivity contribution in [1.29, 1.82) is 5.26 Å². The molecule has 3 saturated heterocycles. The van der Waals surface area contributed by atoms with Crippen LogP contribution in [-0.2, 0) is 9.59 Å². The van der Waals surface area contributed by atoms with Crippen molar-refractivity contribution in [2.75, 3.05) is 49.1 Å². The molecule has 17 heteroatoms. The summed E-state index contributed by atoms with van der Waals surface area (Å²) in [4.78, 5) is 70.7. The molecule has 1 aliphatic carbocycles. The fraction of sp³-hybridized carbons (Fsp3) is 0.450. The summed E-state index contributed by atoms with van der Waals surface area (Å²) in [6, 6.07) is 12.4. The number of halogens is 2. The Hall–Kier alpha value is -5.66. The summed E-state index contributed by atoms with van der Waals surface area (Å²) in [7, 11) is 0. The molecular formula is C40H41ClFN9O6. The molecule has 1 unspecified atom stereocenters. The summed E-state index contributed by atoms with van der Waals surface area (Å²) in [6.45, 7) is 4.00. The molecule has 3 aromatic rings. The Labute approximate surface area is 333 Å². The molecule has 8 rings (SSSR count). The number of amides is 5. The minimum atomic E-state index is -1.11. The number of carbonyl (C=O) groups is 5. The van der Waals surface area contributed by atoms with Crippen LogP contribution in [0.2, 0.25) is 5.02 Å². The number of anilines is 2. The second-order valence-electron chi connectivity index (χ2n) is 15.1. The number of nitriles is 1. The molecule has 1 atom stereocenters. The lowest BCUT2D eigenvalue weighted by atomic mass is 9.93. The van der Waals surface area contributed by atoms with Crippen molar-refractivity contribution in [2.45, 2.75) is 75.6 Å². The van der Waals surface area contributed by atoms with Gasteiger partial charge in [-0.1, -0.05) is 11.6 Å². The Morgan fingerprint density at radius 1 is 0.860 bits per heavy atom. The highest BCUT2D eigenvalue weighted by Gasteiger charge is 2.45. The molecule has 57 heavy (non-hydrogen) atoms. The zero-order chi connectivity index (χ0) is 39.8. The smallest absolute Gasteiger partial charge is 0.272 e. The predicted molar refractivity (Wildman–Crippen MR) is 204 cm³/mol. The van der Waals surface area contributed by atoms with Crippen LogP contribution in [0.5, 0.6) is 5.75 Å². The van der Waals surface area contributed by atoms with Crippen LogP contribution in [0.3, 0.4) is 0 Å². The van der Waals surface area contributed by atoms with E-state index in [1.165, 1.54) is 6.07 Å². The van der Waals surface area contributed by atoms with E-state index in [1.807, 2.05) is 17.0 Å². The SMILES string of the molecule is N#Cc1ccc(OC2CCC(NC(=O)c3ccc(N4CCC(N5CCN(c6cc7c(cc6F)C(=O)N(C6CCC(=O)NC6=O)C7=O)CC5)CC4)nn3)CC2)cc1Cl. The molecule has 2 aromatic carbocycles. The first-order valence-corrected chi connectivity index (χ1v) is 19.7. The van der Waals surface area contributed by atoms with Gasteiger partial charge in [0.05, 0.1) is 33.5 Å². The number of imide groups is 2. The number of ether oxygens (including phenoxy) is 1. The third-order valence-electron chi connectivity index (χ3n) is 11.7. The summed E-state index contributed by atoms with van der Waals surface area (Å²) in [5.74, 6) is -2.08. The van der Waals surface area contributed by atoms with E-state index in [-0.39, 0.29) is 53.4 Å². The molecule has 2 N–H and O–H groups in total. The van der Waals surface area contributed by atoms with Gasteiger partial charge in [-0.05, 0) is 81.3 Å². The van der Waals surface area contributed by atoms with Crippen LogP contribution < -0.4 is 25.2 Å². The van der Waals surface area contributed by atoms with E-state index >= 15 is 4.39 Å². The van der Waals surface area contributed by atoms with Crippen molar-refractivity contribution < 1.29 is 33.1 Å². The maximum absolute atomic E-state index is 15.4. The highest BCUT2D eigenvalue weighted by Crippen LogP contribution is 2.34. The molecule has 4 aliphatic heterocycles.